The summed E-state index contributed by atoms with van der Waals surface area (Å²) in [6.45, 7) is 9.38. The van der Waals surface area contributed by atoms with Gasteiger partial charge in [-0.25, -0.2) is 0 Å². The minimum Gasteiger partial charge on any atom is -0.310 e. The molecule has 18 rings (SSSR count). The maximum absolute atomic E-state index is 5.29. The van der Waals surface area contributed by atoms with Gasteiger partial charge in [-0.3, -0.25) is 9.97 Å². The lowest BCUT2D eigenvalue weighted by molar-refractivity contribution is 0.660. The predicted octanol–water partition coefficient (Wildman–Crippen LogP) is 21.7. The van der Waals surface area contributed by atoms with E-state index in [2.05, 4.69) is 314 Å². The van der Waals surface area contributed by atoms with Crippen molar-refractivity contribution in [2.75, 3.05) is 9.80 Å². The first-order chi connectivity index (χ1) is 43.2. The van der Waals surface area contributed by atoms with E-state index >= 15 is 0 Å². The number of nitrogens with zero attached hydrogens (tertiary/aromatic N) is 6. The molecular formula is C82H58N6. The molecule has 2 aliphatic rings. The number of rotatable bonds is 8. The van der Waals surface area contributed by atoms with Gasteiger partial charge in [-0.1, -0.05) is 173 Å². The van der Waals surface area contributed by atoms with E-state index in [9.17, 15) is 0 Å². The Hall–Kier alpha value is -11.1. The molecule has 0 N–H and O–H groups in total. The van der Waals surface area contributed by atoms with Crippen LogP contribution < -0.4 is 9.80 Å². The Kier molecular flexibility index (Phi) is 10.7. The molecule has 0 spiro atoms. The Labute approximate surface area is 510 Å². The van der Waals surface area contributed by atoms with E-state index in [1.54, 1.807) is 0 Å². The molecule has 88 heavy (non-hydrogen) atoms. The van der Waals surface area contributed by atoms with Gasteiger partial charge in [-0.15, -0.1) is 0 Å². The van der Waals surface area contributed by atoms with Gasteiger partial charge in [0.1, 0.15) is 0 Å². The van der Waals surface area contributed by atoms with Gasteiger partial charge in [-0.05, 0) is 187 Å². The van der Waals surface area contributed by atoms with Gasteiger partial charge in [0, 0.05) is 90.3 Å². The zero-order chi connectivity index (χ0) is 58.6. The second-order valence-electron chi connectivity index (χ2n) is 24.9. The van der Waals surface area contributed by atoms with Gasteiger partial charge >= 0.3 is 0 Å². The third-order valence-electron chi connectivity index (χ3n) is 19.5. The largest absolute Gasteiger partial charge is 0.310 e. The molecule has 2 aliphatic carbocycles. The Bertz CT molecular complexity index is 5210. The molecule has 0 radical (unpaired) electrons. The van der Waals surface area contributed by atoms with Crippen LogP contribution >= 0.6 is 0 Å². The van der Waals surface area contributed by atoms with Gasteiger partial charge in [0.05, 0.1) is 33.1 Å². The first-order valence-corrected chi connectivity index (χ1v) is 30.6. The number of fused-ring (bicyclic) bond motifs is 21. The molecule has 0 amide bonds. The van der Waals surface area contributed by atoms with Crippen molar-refractivity contribution in [1.29, 1.82) is 0 Å². The number of hydrogen-bond donors (Lipinski definition) is 0. The van der Waals surface area contributed by atoms with Crippen LogP contribution in [0.1, 0.15) is 49.9 Å². The summed E-state index contributed by atoms with van der Waals surface area (Å²) in [4.78, 5) is 15.4. The fourth-order valence-electron chi connectivity index (χ4n) is 15.6. The number of hydrogen-bond acceptors (Lipinski definition) is 4. The third-order valence-corrected chi connectivity index (χ3v) is 19.5. The average Bonchev–Trinajstić information content (AvgIpc) is 1.46. The van der Waals surface area contributed by atoms with Crippen LogP contribution in [0.25, 0.3) is 110 Å². The highest BCUT2D eigenvalue weighted by Crippen LogP contribution is 2.54. The Morgan fingerprint density at radius 2 is 0.614 bits per heavy atom. The van der Waals surface area contributed by atoms with Gasteiger partial charge in [0.15, 0.2) is 0 Å². The number of benzene rings is 12. The maximum atomic E-state index is 5.29. The summed E-state index contributed by atoms with van der Waals surface area (Å²) in [7, 11) is 0. The van der Waals surface area contributed by atoms with Crippen molar-refractivity contribution >= 4 is 110 Å². The first kappa shape index (κ1) is 50.3. The summed E-state index contributed by atoms with van der Waals surface area (Å²) in [5.74, 6) is 0. The Morgan fingerprint density at radius 1 is 0.284 bits per heavy atom. The van der Waals surface area contributed by atoms with Crippen LogP contribution in [0.5, 0.6) is 0 Å². The molecule has 4 heterocycles. The standard InChI is InChI=1S/C82H58N6/c1-81(2)67-31-17-15-25-59(67)65-49-57(43-45-69(65)81)85(51-21-7-5-8-22-51)53-35-39-55(40-36-53)87-71-33-19-47-83-77(71)75-63-29-13-12-28-62(63)74-73(79(75)87)61-27-11-14-30-64(61)76-78-72(34-20-48-84-78)88(80(74)76)56-41-37-54(38-42-56)86(52-23-9-6-10-24-52)58-44-46-70-66(50-58)60-26-16-18-32-68(60)82(70,3)4/h5-50H,1-4H3. The van der Waals surface area contributed by atoms with Crippen molar-refractivity contribution in [3.63, 3.8) is 0 Å². The fraction of sp³-hybridized carbons (Fsp3) is 0.0732. The van der Waals surface area contributed by atoms with Crippen molar-refractivity contribution in [3.05, 3.63) is 302 Å². The topological polar surface area (TPSA) is 42.1 Å². The lowest BCUT2D eigenvalue weighted by Gasteiger charge is -2.27. The summed E-state index contributed by atoms with van der Waals surface area (Å²) in [5, 5.41) is 9.22. The number of anilines is 6. The molecule has 6 heteroatoms. The molecule has 16 aromatic rings. The van der Waals surface area contributed by atoms with Gasteiger partial charge < -0.3 is 18.9 Å². The highest BCUT2D eigenvalue weighted by atomic mass is 15.2. The average molecular weight is 1130 g/mol. The number of pyridine rings is 2. The first-order valence-electron chi connectivity index (χ1n) is 30.6. The van der Waals surface area contributed by atoms with E-state index in [1.165, 1.54) is 55.3 Å². The van der Waals surface area contributed by atoms with Crippen LogP contribution in [0.15, 0.2) is 279 Å². The van der Waals surface area contributed by atoms with Crippen molar-refractivity contribution in [1.82, 2.24) is 19.1 Å². The van der Waals surface area contributed by atoms with E-state index in [1.807, 2.05) is 12.4 Å². The SMILES string of the molecule is CC1(C)c2ccccc2-c2cc(N(c3ccccc3)c3ccc(-n4c5cccnc5c5c6ccccc6c6c(c7ccccc7c7c8ncccc8n(-c8ccc(N(c9ccccc9)c9ccc%10c(c9)-c9ccccc9C%10(C)C)cc8)c76)c54)cc3)ccc21. The smallest absolute Gasteiger partial charge is 0.0969 e. The maximum Gasteiger partial charge on any atom is 0.0969 e. The van der Waals surface area contributed by atoms with E-state index in [4.69, 9.17) is 9.97 Å². The minimum atomic E-state index is -0.0892. The summed E-state index contributed by atoms with van der Waals surface area (Å²) in [6.07, 6.45) is 3.89. The number of aromatic nitrogens is 4. The highest BCUT2D eigenvalue weighted by molar-refractivity contribution is 6.43. The van der Waals surface area contributed by atoms with Crippen LogP contribution in [0.3, 0.4) is 0 Å². The van der Waals surface area contributed by atoms with Gasteiger partial charge in [0.25, 0.3) is 0 Å². The molecule has 4 aromatic heterocycles. The number of para-hydroxylation sites is 2. The predicted molar refractivity (Wildman–Crippen MR) is 368 cm³/mol. The minimum absolute atomic E-state index is 0.0892. The van der Waals surface area contributed by atoms with E-state index < -0.39 is 0 Å². The quantitative estimate of drug-likeness (QED) is 0.142. The fourth-order valence-corrected chi connectivity index (χ4v) is 15.6. The monoisotopic (exact) mass is 1130 g/mol. The summed E-state index contributed by atoms with van der Waals surface area (Å²) in [5.41, 5.74) is 25.4. The molecule has 0 bridgehead atoms. The second kappa shape index (κ2) is 18.7. The van der Waals surface area contributed by atoms with Crippen LogP contribution in [-0.4, -0.2) is 19.1 Å². The normalized spacial score (nSPS) is 13.6. The molecule has 0 fully saturated rings. The molecule has 0 saturated carbocycles. The van der Waals surface area contributed by atoms with E-state index in [-0.39, 0.29) is 10.8 Å². The Morgan fingerprint density at radius 3 is 1.02 bits per heavy atom. The van der Waals surface area contributed by atoms with Crippen LogP contribution in [-0.2, 0) is 10.8 Å². The van der Waals surface area contributed by atoms with Crippen LogP contribution in [0.2, 0.25) is 0 Å². The van der Waals surface area contributed by atoms with Crippen LogP contribution in [0, 0.1) is 0 Å². The van der Waals surface area contributed by atoms with E-state index in [0.717, 1.165) is 111 Å². The van der Waals surface area contributed by atoms with Gasteiger partial charge in [0.2, 0.25) is 0 Å². The molecule has 6 nitrogen and oxygen atoms in total. The summed E-state index contributed by atoms with van der Waals surface area (Å²) in [6, 6.07) is 98.3. The molecule has 12 aromatic carbocycles. The van der Waals surface area contributed by atoms with Crippen molar-refractivity contribution in [2.24, 2.45) is 0 Å². The molecule has 0 aliphatic heterocycles. The zero-order valence-electron chi connectivity index (χ0n) is 49.2. The zero-order valence-corrected chi connectivity index (χ0v) is 49.2. The van der Waals surface area contributed by atoms with Crippen molar-refractivity contribution < 1.29 is 0 Å². The molecule has 0 saturated heterocycles. The van der Waals surface area contributed by atoms with Gasteiger partial charge in [-0.2, -0.15) is 0 Å². The summed E-state index contributed by atoms with van der Waals surface area (Å²) >= 11 is 0. The lowest BCUT2D eigenvalue weighted by atomic mass is 9.82. The van der Waals surface area contributed by atoms with Crippen molar-refractivity contribution in [2.45, 2.75) is 38.5 Å². The molecule has 0 unspecified atom stereocenters. The molecule has 416 valence electrons. The Balaban J connectivity index is 0.860. The van der Waals surface area contributed by atoms with E-state index in [0.29, 0.717) is 0 Å². The molecular weight excluding hydrogens is 1070 g/mol. The third kappa shape index (κ3) is 7.05. The molecule has 0 atom stereocenters. The van der Waals surface area contributed by atoms with Crippen molar-refractivity contribution in [3.8, 4) is 33.6 Å². The lowest BCUT2D eigenvalue weighted by Crippen LogP contribution is -2.15. The highest BCUT2D eigenvalue weighted by Gasteiger charge is 2.37. The summed E-state index contributed by atoms with van der Waals surface area (Å²) < 4.78 is 4.96. The van der Waals surface area contributed by atoms with Crippen LogP contribution in [0.4, 0.5) is 34.1 Å². The second-order valence-corrected chi connectivity index (χ2v) is 24.9.